The maximum Gasteiger partial charge on any atom is 0.0237 e. The van der Waals surface area contributed by atoms with Crippen molar-refractivity contribution in [1.82, 2.24) is 10.2 Å². The molecule has 2 rings (SSSR count). The maximum absolute atomic E-state index is 3.39. The van der Waals surface area contributed by atoms with E-state index in [0.29, 0.717) is 0 Å². The zero-order valence-corrected chi connectivity index (χ0v) is 9.50. The molecule has 0 spiro atoms. The van der Waals surface area contributed by atoms with Gasteiger partial charge in [-0.05, 0) is 17.5 Å². The summed E-state index contributed by atoms with van der Waals surface area (Å²) in [5.41, 5.74) is 3.00. The quantitative estimate of drug-likeness (QED) is 0.805. The number of hydrogen-bond donors (Lipinski definition) is 1. The summed E-state index contributed by atoms with van der Waals surface area (Å²) >= 11 is 0. The number of piperazine rings is 1. The summed E-state index contributed by atoms with van der Waals surface area (Å²) in [6, 6.07) is 8.80. The predicted octanol–water partition coefficient (Wildman–Crippen LogP) is 1.65. The molecule has 82 valence electrons. The van der Waals surface area contributed by atoms with E-state index in [4.69, 9.17) is 0 Å². The van der Waals surface area contributed by atoms with Crippen LogP contribution in [0.2, 0.25) is 0 Å². The molecule has 1 fully saturated rings. The topological polar surface area (TPSA) is 15.3 Å². The van der Waals surface area contributed by atoms with E-state index in [-0.39, 0.29) is 0 Å². The second kappa shape index (κ2) is 5.29. The number of nitrogens with one attached hydrogen (secondary N) is 1. The number of aryl methyl sites for hydroxylation is 1. The molecule has 0 amide bonds. The van der Waals surface area contributed by atoms with Crippen molar-refractivity contribution in [2.24, 2.45) is 0 Å². The molecule has 0 atom stereocenters. The maximum atomic E-state index is 3.39. The lowest BCUT2D eigenvalue weighted by Gasteiger charge is -2.27. The fourth-order valence-electron chi connectivity index (χ4n) is 2.17. The van der Waals surface area contributed by atoms with Crippen LogP contribution in [0.3, 0.4) is 0 Å². The van der Waals surface area contributed by atoms with Gasteiger partial charge in [0.25, 0.3) is 0 Å². The van der Waals surface area contributed by atoms with Gasteiger partial charge >= 0.3 is 0 Å². The van der Waals surface area contributed by atoms with E-state index in [0.717, 1.165) is 26.1 Å². The molecule has 15 heavy (non-hydrogen) atoms. The van der Waals surface area contributed by atoms with Crippen LogP contribution in [0.5, 0.6) is 0 Å². The average molecular weight is 204 g/mol. The lowest BCUT2D eigenvalue weighted by molar-refractivity contribution is 0.232. The number of hydrogen-bond acceptors (Lipinski definition) is 2. The molecular weight excluding hydrogens is 184 g/mol. The molecule has 1 heterocycles. The van der Waals surface area contributed by atoms with E-state index in [1.165, 1.54) is 24.2 Å². The minimum Gasteiger partial charge on any atom is -0.314 e. The van der Waals surface area contributed by atoms with Gasteiger partial charge in [0, 0.05) is 32.7 Å². The summed E-state index contributed by atoms with van der Waals surface area (Å²) < 4.78 is 0. The normalized spacial score (nSPS) is 17.9. The Bertz CT molecular complexity index is 303. The molecular formula is C13H20N2. The molecule has 0 aromatic heterocycles. The Morgan fingerprint density at radius 2 is 1.80 bits per heavy atom. The van der Waals surface area contributed by atoms with Crippen LogP contribution in [-0.2, 0) is 13.0 Å². The third-order valence-corrected chi connectivity index (χ3v) is 3.10. The summed E-state index contributed by atoms with van der Waals surface area (Å²) in [7, 11) is 0. The third-order valence-electron chi connectivity index (χ3n) is 3.10. The van der Waals surface area contributed by atoms with Crippen LogP contribution in [0, 0.1) is 0 Å². The van der Waals surface area contributed by atoms with Gasteiger partial charge in [-0.2, -0.15) is 0 Å². The van der Waals surface area contributed by atoms with Gasteiger partial charge < -0.3 is 5.32 Å². The molecule has 1 N–H and O–H groups in total. The highest BCUT2D eigenvalue weighted by molar-refractivity contribution is 5.26. The summed E-state index contributed by atoms with van der Waals surface area (Å²) in [6.07, 6.45) is 1.14. The van der Waals surface area contributed by atoms with Crippen molar-refractivity contribution >= 4 is 0 Å². The Morgan fingerprint density at radius 3 is 2.47 bits per heavy atom. The van der Waals surface area contributed by atoms with Gasteiger partial charge in [-0.25, -0.2) is 0 Å². The summed E-state index contributed by atoms with van der Waals surface area (Å²) in [6.45, 7) is 7.97. The Morgan fingerprint density at radius 1 is 1.13 bits per heavy atom. The standard InChI is InChI=1S/C13H20N2/c1-2-12-5-3-4-6-13(12)11-15-9-7-14-8-10-15/h3-6,14H,2,7-11H2,1H3. The largest absolute Gasteiger partial charge is 0.314 e. The first-order chi connectivity index (χ1) is 7.40. The first-order valence-corrected chi connectivity index (χ1v) is 5.90. The Labute approximate surface area is 92.3 Å². The van der Waals surface area contributed by atoms with Crippen molar-refractivity contribution in [3.05, 3.63) is 35.4 Å². The highest BCUT2D eigenvalue weighted by atomic mass is 15.2. The fourth-order valence-corrected chi connectivity index (χ4v) is 2.17. The molecule has 2 nitrogen and oxygen atoms in total. The molecule has 1 aromatic rings. The lowest BCUT2D eigenvalue weighted by Crippen LogP contribution is -2.43. The van der Waals surface area contributed by atoms with Crippen molar-refractivity contribution < 1.29 is 0 Å². The number of rotatable bonds is 3. The molecule has 1 aromatic carbocycles. The molecule has 0 aliphatic carbocycles. The summed E-state index contributed by atoms with van der Waals surface area (Å²) in [4.78, 5) is 2.53. The predicted molar refractivity (Wildman–Crippen MR) is 64.0 cm³/mol. The lowest BCUT2D eigenvalue weighted by atomic mass is 10.0. The average Bonchev–Trinajstić information content (AvgIpc) is 2.31. The van der Waals surface area contributed by atoms with Crippen molar-refractivity contribution in [2.45, 2.75) is 19.9 Å². The molecule has 1 saturated heterocycles. The molecule has 0 radical (unpaired) electrons. The Kier molecular flexibility index (Phi) is 3.75. The van der Waals surface area contributed by atoms with Gasteiger partial charge in [0.2, 0.25) is 0 Å². The van der Waals surface area contributed by atoms with Gasteiger partial charge in [-0.3, -0.25) is 4.90 Å². The fraction of sp³-hybridized carbons (Fsp3) is 0.538. The first-order valence-electron chi connectivity index (χ1n) is 5.90. The van der Waals surface area contributed by atoms with E-state index >= 15 is 0 Å². The molecule has 0 bridgehead atoms. The van der Waals surface area contributed by atoms with E-state index < -0.39 is 0 Å². The molecule has 0 saturated carbocycles. The van der Waals surface area contributed by atoms with Crippen molar-refractivity contribution in [2.75, 3.05) is 26.2 Å². The molecule has 2 heteroatoms. The van der Waals surface area contributed by atoms with Crippen molar-refractivity contribution in [3.63, 3.8) is 0 Å². The monoisotopic (exact) mass is 204 g/mol. The number of benzene rings is 1. The van der Waals surface area contributed by atoms with E-state index in [1.807, 2.05) is 0 Å². The van der Waals surface area contributed by atoms with E-state index in [2.05, 4.69) is 41.4 Å². The van der Waals surface area contributed by atoms with Gasteiger partial charge in [0.15, 0.2) is 0 Å². The summed E-state index contributed by atoms with van der Waals surface area (Å²) in [5, 5.41) is 3.39. The van der Waals surface area contributed by atoms with Crippen molar-refractivity contribution in [3.8, 4) is 0 Å². The van der Waals surface area contributed by atoms with Crippen LogP contribution in [0.4, 0.5) is 0 Å². The highest BCUT2D eigenvalue weighted by Gasteiger charge is 2.10. The van der Waals surface area contributed by atoms with Crippen LogP contribution >= 0.6 is 0 Å². The molecule has 1 aliphatic rings. The number of nitrogens with zero attached hydrogens (tertiary/aromatic N) is 1. The van der Waals surface area contributed by atoms with Crippen molar-refractivity contribution in [1.29, 1.82) is 0 Å². The van der Waals surface area contributed by atoms with Gasteiger partial charge in [-0.15, -0.1) is 0 Å². The zero-order valence-electron chi connectivity index (χ0n) is 9.50. The van der Waals surface area contributed by atoms with Crippen LogP contribution in [0.15, 0.2) is 24.3 Å². The second-order valence-electron chi connectivity index (χ2n) is 4.15. The van der Waals surface area contributed by atoms with Gasteiger partial charge in [-0.1, -0.05) is 31.2 Å². The molecule has 0 unspecified atom stereocenters. The highest BCUT2D eigenvalue weighted by Crippen LogP contribution is 2.12. The zero-order chi connectivity index (χ0) is 10.5. The molecule has 1 aliphatic heterocycles. The third kappa shape index (κ3) is 2.80. The Hall–Kier alpha value is -0.860. The minimum absolute atomic E-state index is 1.12. The smallest absolute Gasteiger partial charge is 0.0237 e. The first kappa shape index (κ1) is 10.7. The van der Waals surface area contributed by atoms with Crippen LogP contribution in [0.1, 0.15) is 18.1 Å². The summed E-state index contributed by atoms with van der Waals surface area (Å²) in [5.74, 6) is 0. The van der Waals surface area contributed by atoms with Crippen LogP contribution < -0.4 is 5.32 Å². The van der Waals surface area contributed by atoms with Crippen LogP contribution in [-0.4, -0.2) is 31.1 Å². The van der Waals surface area contributed by atoms with Crippen LogP contribution in [0.25, 0.3) is 0 Å². The van der Waals surface area contributed by atoms with E-state index in [9.17, 15) is 0 Å². The van der Waals surface area contributed by atoms with E-state index in [1.54, 1.807) is 0 Å². The minimum atomic E-state index is 1.12. The second-order valence-corrected chi connectivity index (χ2v) is 4.15. The van der Waals surface area contributed by atoms with Gasteiger partial charge in [0.1, 0.15) is 0 Å². The Balaban J connectivity index is 2.02. The SMILES string of the molecule is CCc1ccccc1CN1CCNCC1. The van der Waals surface area contributed by atoms with Gasteiger partial charge in [0.05, 0.1) is 0 Å².